The largest absolute Gasteiger partial charge is 0.480 e. The second-order valence-corrected chi connectivity index (χ2v) is 5.37. The number of hydrogen-bond donors (Lipinski definition) is 3. The summed E-state index contributed by atoms with van der Waals surface area (Å²) >= 11 is 1.32. The first kappa shape index (κ1) is 15.4. The minimum Gasteiger partial charge on any atom is -0.480 e. The van der Waals surface area contributed by atoms with Gasteiger partial charge in [-0.3, -0.25) is 5.32 Å². The Labute approximate surface area is 116 Å². The van der Waals surface area contributed by atoms with Crippen LogP contribution in [0.2, 0.25) is 0 Å². The second-order valence-electron chi connectivity index (χ2n) is 4.51. The highest BCUT2D eigenvalue weighted by atomic mass is 32.1. The van der Waals surface area contributed by atoms with Crippen LogP contribution in [0.1, 0.15) is 45.2 Å². The Kier molecular flexibility index (Phi) is 5.75. The Morgan fingerprint density at radius 1 is 1.47 bits per heavy atom. The summed E-state index contributed by atoms with van der Waals surface area (Å²) < 4.78 is 0. The van der Waals surface area contributed by atoms with Crippen LogP contribution in [0.4, 0.5) is 9.93 Å². The molecule has 1 rings (SSSR count). The fourth-order valence-electron chi connectivity index (χ4n) is 1.45. The third kappa shape index (κ3) is 4.86. The third-order valence-electron chi connectivity index (χ3n) is 2.51. The van der Waals surface area contributed by atoms with Crippen molar-refractivity contribution in [1.29, 1.82) is 0 Å². The third-order valence-corrected chi connectivity index (χ3v) is 3.29. The topological polar surface area (TPSA) is 91.3 Å². The number of carboxylic acid groups (broad SMARTS) is 1. The number of nitrogens with zero attached hydrogens (tertiary/aromatic N) is 1. The van der Waals surface area contributed by atoms with Crippen molar-refractivity contribution >= 4 is 28.5 Å². The second kappa shape index (κ2) is 7.08. The van der Waals surface area contributed by atoms with E-state index in [4.69, 9.17) is 5.11 Å². The molecule has 1 aromatic rings. The number of carboxylic acids is 1. The van der Waals surface area contributed by atoms with Crippen LogP contribution in [0.15, 0.2) is 5.38 Å². The van der Waals surface area contributed by atoms with Crippen LogP contribution < -0.4 is 10.6 Å². The maximum absolute atomic E-state index is 11.7. The van der Waals surface area contributed by atoms with E-state index in [-0.39, 0.29) is 0 Å². The van der Waals surface area contributed by atoms with Gasteiger partial charge in [0.1, 0.15) is 6.04 Å². The van der Waals surface area contributed by atoms with Crippen molar-refractivity contribution in [3.63, 3.8) is 0 Å². The highest BCUT2D eigenvalue weighted by molar-refractivity contribution is 7.13. The van der Waals surface area contributed by atoms with Gasteiger partial charge in [0.2, 0.25) is 0 Å². The zero-order valence-electron chi connectivity index (χ0n) is 11.3. The minimum absolute atomic E-state index is 0.293. The molecular formula is C12H19N3O3S. The molecule has 1 heterocycles. The summed E-state index contributed by atoms with van der Waals surface area (Å²) in [5, 5.41) is 16.3. The zero-order valence-corrected chi connectivity index (χ0v) is 12.1. The number of nitrogens with one attached hydrogen (secondary N) is 2. The SMILES string of the molecule is CCCC(NC(=O)Nc1nc(C(C)C)cs1)C(=O)O. The Morgan fingerprint density at radius 2 is 2.16 bits per heavy atom. The summed E-state index contributed by atoms with van der Waals surface area (Å²) in [7, 11) is 0. The molecule has 19 heavy (non-hydrogen) atoms. The highest BCUT2D eigenvalue weighted by Crippen LogP contribution is 2.21. The number of hydrogen-bond acceptors (Lipinski definition) is 4. The summed E-state index contributed by atoms with van der Waals surface area (Å²) in [4.78, 5) is 26.8. The smallest absolute Gasteiger partial charge is 0.326 e. The molecule has 3 N–H and O–H groups in total. The number of carbonyl (C=O) groups excluding carboxylic acids is 1. The lowest BCUT2D eigenvalue weighted by molar-refractivity contribution is -0.139. The molecule has 1 aromatic heterocycles. The molecule has 1 atom stereocenters. The van der Waals surface area contributed by atoms with E-state index in [1.807, 2.05) is 26.2 Å². The van der Waals surface area contributed by atoms with Gasteiger partial charge in [-0.1, -0.05) is 27.2 Å². The number of aromatic nitrogens is 1. The quantitative estimate of drug-likeness (QED) is 0.749. The first-order valence-electron chi connectivity index (χ1n) is 6.19. The van der Waals surface area contributed by atoms with Gasteiger partial charge in [-0.2, -0.15) is 0 Å². The molecule has 0 saturated heterocycles. The van der Waals surface area contributed by atoms with Crippen LogP contribution >= 0.6 is 11.3 Å². The first-order chi connectivity index (χ1) is 8.93. The van der Waals surface area contributed by atoms with Gasteiger partial charge in [0.05, 0.1) is 5.69 Å². The molecule has 0 aliphatic heterocycles. The van der Waals surface area contributed by atoms with Crippen LogP contribution in [0, 0.1) is 0 Å². The molecule has 0 saturated carbocycles. The predicted octanol–water partition coefficient (Wildman–Crippen LogP) is 2.64. The molecule has 0 aliphatic rings. The molecule has 2 amide bonds. The van der Waals surface area contributed by atoms with E-state index in [1.165, 1.54) is 11.3 Å². The van der Waals surface area contributed by atoms with Crippen molar-refractivity contribution in [2.75, 3.05) is 5.32 Å². The van der Waals surface area contributed by atoms with Crippen LogP contribution in [0.5, 0.6) is 0 Å². The van der Waals surface area contributed by atoms with Gasteiger partial charge in [-0.15, -0.1) is 11.3 Å². The van der Waals surface area contributed by atoms with Crippen LogP contribution in [0.3, 0.4) is 0 Å². The number of thiazole rings is 1. The molecule has 7 heteroatoms. The van der Waals surface area contributed by atoms with Gasteiger partial charge in [0, 0.05) is 5.38 Å². The summed E-state index contributed by atoms with van der Waals surface area (Å²) in [5.74, 6) is -0.735. The van der Waals surface area contributed by atoms with Gasteiger partial charge in [0.15, 0.2) is 5.13 Å². The number of urea groups is 1. The first-order valence-corrected chi connectivity index (χ1v) is 7.07. The van der Waals surface area contributed by atoms with Crippen LogP contribution in [-0.2, 0) is 4.79 Å². The summed E-state index contributed by atoms with van der Waals surface area (Å²) in [5.41, 5.74) is 0.906. The highest BCUT2D eigenvalue weighted by Gasteiger charge is 2.19. The van der Waals surface area contributed by atoms with Crippen molar-refractivity contribution < 1.29 is 14.7 Å². The number of anilines is 1. The maximum atomic E-state index is 11.7. The van der Waals surface area contributed by atoms with E-state index in [9.17, 15) is 9.59 Å². The van der Waals surface area contributed by atoms with Crippen LogP contribution in [0.25, 0.3) is 0 Å². The molecule has 0 aliphatic carbocycles. The van der Waals surface area contributed by atoms with Crippen LogP contribution in [-0.4, -0.2) is 28.1 Å². The van der Waals surface area contributed by atoms with Gasteiger partial charge < -0.3 is 10.4 Å². The van der Waals surface area contributed by atoms with Crippen molar-refractivity contribution in [1.82, 2.24) is 10.3 Å². The molecule has 0 radical (unpaired) electrons. The minimum atomic E-state index is -1.03. The van der Waals surface area contributed by atoms with Gasteiger partial charge in [0.25, 0.3) is 0 Å². The number of carbonyl (C=O) groups is 2. The van der Waals surface area contributed by atoms with Crippen molar-refractivity contribution in [2.24, 2.45) is 0 Å². The lowest BCUT2D eigenvalue weighted by Gasteiger charge is -2.13. The van der Waals surface area contributed by atoms with E-state index in [0.29, 0.717) is 23.9 Å². The lowest BCUT2D eigenvalue weighted by atomic mass is 10.2. The van der Waals surface area contributed by atoms with Crippen molar-refractivity contribution in [2.45, 2.75) is 45.6 Å². The molecule has 1 unspecified atom stereocenters. The Hall–Kier alpha value is -1.63. The fourth-order valence-corrected chi connectivity index (χ4v) is 2.31. The van der Waals surface area contributed by atoms with Gasteiger partial charge >= 0.3 is 12.0 Å². The van der Waals surface area contributed by atoms with Gasteiger partial charge in [-0.05, 0) is 12.3 Å². The van der Waals surface area contributed by atoms with Crippen molar-refractivity contribution in [3.05, 3.63) is 11.1 Å². The average molecular weight is 285 g/mol. The molecule has 0 fully saturated rings. The average Bonchev–Trinajstić information content (AvgIpc) is 2.76. The Balaban J connectivity index is 2.56. The Bertz CT molecular complexity index is 445. The summed E-state index contributed by atoms with van der Waals surface area (Å²) in [6.07, 6.45) is 1.09. The van der Waals surface area contributed by atoms with E-state index in [1.54, 1.807) is 0 Å². The van der Waals surface area contributed by atoms with E-state index < -0.39 is 18.0 Å². The molecular weight excluding hydrogens is 266 g/mol. The summed E-state index contributed by atoms with van der Waals surface area (Å²) in [6, 6.07) is -1.40. The molecule has 0 spiro atoms. The standard InChI is InChI=1S/C12H19N3O3S/c1-4-5-8(10(16)17)13-11(18)15-12-14-9(6-19-12)7(2)3/h6-8H,4-5H2,1-3H3,(H,16,17)(H2,13,14,15,18). The van der Waals surface area contributed by atoms with E-state index in [2.05, 4.69) is 15.6 Å². The Morgan fingerprint density at radius 3 is 2.63 bits per heavy atom. The summed E-state index contributed by atoms with van der Waals surface area (Å²) in [6.45, 7) is 5.90. The molecule has 106 valence electrons. The lowest BCUT2D eigenvalue weighted by Crippen LogP contribution is -2.42. The van der Waals surface area contributed by atoms with Crippen molar-refractivity contribution in [3.8, 4) is 0 Å². The molecule has 6 nitrogen and oxygen atoms in total. The number of aliphatic carboxylic acids is 1. The monoisotopic (exact) mass is 285 g/mol. The normalized spacial score (nSPS) is 12.2. The maximum Gasteiger partial charge on any atom is 0.326 e. The number of rotatable bonds is 6. The van der Waals surface area contributed by atoms with Gasteiger partial charge in [-0.25, -0.2) is 14.6 Å². The zero-order chi connectivity index (χ0) is 14.4. The van der Waals surface area contributed by atoms with E-state index in [0.717, 1.165) is 5.69 Å². The molecule has 0 aromatic carbocycles. The van der Waals surface area contributed by atoms with E-state index >= 15 is 0 Å². The fraction of sp³-hybridized carbons (Fsp3) is 0.583. The number of amides is 2. The molecule has 0 bridgehead atoms. The predicted molar refractivity (Wildman–Crippen MR) is 74.7 cm³/mol.